The summed E-state index contributed by atoms with van der Waals surface area (Å²) in [6.07, 6.45) is 4.89. The number of aromatic nitrogens is 2. The third kappa shape index (κ3) is 4.98. The van der Waals surface area contributed by atoms with Gasteiger partial charge in [-0.25, -0.2) is 4.98 Å². The number of benzene rings is 1. The molecule has 1 N–H and O–H groups in total. The van der Waals surface area contributed by atoms with Gasteiger partial charge in [0.1, 0.15) is 11.8 Å². The molecule has 0 aliphatic heterocycles. The molecule has 0 spiro atoms. The lowest BCUT2D eigenvalue weighted by Gasteiger charge is -2.17. The van der Waals surface area contributed by atoms with E-state index in [0.29, 0.717) is 28.8 Å². The van der Waals surface area contributed by atoms with Crippen LogP contribution >= 0.6 is 11.6 Å². The Balaban J connectivity index is 1.68. The number of nitrogens with zero attached hydrogens (tertiary/aromatic N) is 2. The molecule has 1 aromatic carbocycles. The Bertz CT molecular complexity index is 933. The average Bonchev–Trinajstić information content (AvgIpc) is 2.73. The monoisotopic (exact) mass is 397 g/mol. The van der Waals surface area contributed by atoms with Crippen LogP contribution in [0.5, 0.6) is 11.5 Å². The van der Waals surface area contributed by atoms with E-state index < -0.39 is 0 Å². The molecule has 7 heteroatoms. The minimum atomic E-state index is -0.230. The van der Waals surface area contributed by atoms with Crippen molar-refractivity contribution in [3.8, 4) is 11.5 Å². The molecule has 0 fully saturated rings. The first-order chi connectivity index (χ1) is 13.6. The van der Waals surface area contributed by atoms with Crippen molar-refractivity contribution in [2.24, 2.45) is 0 Å². The van der Waals surface area contributed by atoms with Crippen LogP contribution in [0, 0.1) is 0 Å². The second-order valence-electron chi connectivity index (χ2n) is 6.12. The van der Waals surface area contributed by atoms with Crippen molar-refractivity contribution < 1.29 is 14.3 Å². The molecular formula is C21H20ClN3O3. The molecule has 1 unspecified atom stereocenters. The minimum Gasteiger partial charge on any atom is -0.493 e. The Hall–Kier alpha value is -3.12. The molecular weight excluding hydrogens is 378 g/mol. The highest BCUT2D eigenvalue weighted by Crippen LogP contribution is 2.31. The lowest BCUT2D eigenvalue weighted by Crippen LogP contribution is -2.26. The van der Waals surface area contributed by atoms with Crippen molar-refractivity contribution in [3.05, 3.63) is 82.9 Å². The van der Waals surface area contributed by atoms with Gasteiger partial charge in [0.15, 0.2) is 11.5 Å². The zero-order valence-corrected chi connectivity index (χ0v) is 16.3. The molecule has 0 aliphatic rings. The van der Waals surface area contributed by atoms with E-state index >= 15 is 0 Å². The number of rotatable bonds is 7. The van der Waals surface area contributed by atoms with Crippen LogP contribution in [0.4, 0.5) is 0 Å². The van der Waals surface area contributed by atoms with Crippen molar-refractivity contribution in [2.75, 3.05) is 7.11 Å². The molecule has 2 heterocycles. The molecule has 1 amide bonds. The maximum Gasteiger partial charge on any atom is 0.253 e. The van der Waals surface area contributed by atoms with Gasteiger partial charge in [0, 0.05) is 18.6 Å². The van der Waals surface area contributed by atoms with E-state index in [1.165, 1.54) is 6.20 Å². The van der Waals surface area contributed by atoms with E-state index in [-0.39, 0.29) is 11.9 Å². The van der Waals surface area contributed by atoms with E-state index in [2.05, 4.69) is 15.3 Å². The lowest BCUT2D eigenvalue weighted by atomic mass is 10.1. The fourth-order valence-corrected chi connectivity index (χ4v) is 2.70. The van der Waals surface area contributed by atoms with Gasteiger partial charge in [0.25, 0.3) is 5.91 Å². The molecule has 2 aromatic heterocycles. The fraction of sp³-hybridized carbons (Fsp3) is 0.190. The van der Waals surface area contributed by atoms with Gasteiger partial charge in [-0.3, -0.25) is 9.78 Å². The Kier molecular flexibility index (Phi) is 6.45. The number of carbonyl (C=O) groups is 1. The number of amides is 1. The van der Waals surface area contributed by atoms with Crippen LogP contribution in [-0.2, 0) is 6.61 Å². The van der Waals surface area contributed by atoms with E-state index in [4.69, 9.17) is 21.1 Å². The van der Waals surface area contributed by atoms with Gasteiger partial charge in [-0.15, -0.1) is 0 Å². The second-order valence-corrected chi connectivity index (χ2v) is 6.51. The minimum absolute atomic E-state index is 0.228. The number of halogens is 1. The van der Waals surface area contributed by atoms with Gasteiger partial charge in [-0.05, 0) is 54.4 Å². The Morgan fingerprint density at radius 3 is 2.61 bits per heavy atom. The number of methoxy groups -OCH3 is 1. The summed E-state index contributed by atoms with van der Waals surface area (Å²) in [6, 6.07) is 12.4. The van der Waals surface area contributed by atoms with Crippen molar-refractivity contribution in [1.29, 1.82) is 0 Å². The standard InChI is InChI=1S/C21H20ClN3O3/c1-14(25-21(26)17-4-6-20(22)24-12-17)16-3-5-18(19(11-16)27-2)28-13-15-7-9-23-10-8-15/h3-12,14H,13H2,1-2H3,(H,25,26). The van der Waals surface area contributed by atoms with Gasteiger partial charge >= 0.3 is 0 Å². The molecule has 6 nitrogen and oxygen atoms in total. The van der Waals surface area contributed by atoms with Gasteiger partial charge in [0.05, 0.1) is 18.7 Å². The SMILES string of the molecule is COc1cc(C(C)NC(=O)c2ccc(Cl)nc2)ccc1OCc1ccncc1. The Morgan fingerprint density at radius 2 is 1.93 bits per heavy atom. The molecule has 144 valence electrons. The molecule has 3 aromatic rings. The summed E-state index contributed by atoms with van der Waals surface area (Å²) in [6.45, 7) is 2.31. The third-order valence-corrected chi connectivity index (χ3v) is 4.39. The van der Waals surface area contributed by atoms with Gasteiger partial charge in [-0.2, -0.15) is 0 Å². The van der Waals surface area contributed by atoms with Crippen LogP contribution in [0.2, 0.25) is 5.15 Å². The largest absolute Gasteiger partial charge is 0.493 e. The molecule has 1 atom stereocenters. The van der Waals surface area contributed by atoms with Crippen LogP contribution < -0.4 is 14.8 Å². The predicted molar refractivity (Wildman–Crippen MR) is 107 cm³/mol. The van der Waals surface area contributed by atoms with Crippen molar-refractivity contribution >= 4 is 17.5 Å². The summed E-state index contributed by atoms with van der Waals surface area (Å²) >= 11 is 5.76. The first-order valence-electron chi connectivity index (χ1n) is 8.69. The quantitative estimate of drug-likeness (QED) is 0.604. The first kappa shape index (κ1) is 19.6. The van der Waals surface area contributed by atoms with Crippen LogP contribution in [0.1, 0.15) is 34.5 Å². The van der Waals surface area contributed by atoms with E-state index in [1.807, 2.05) is 37.3 Å². The van der Waals surface area contributed by atoms with Crippen molar-refractivity contribution in [2.45, 2.75) is 19.6 Å². The molecule has 0 aliphatic carbocycles. The predicted octanol–water partition coefficient (Wildman–Crippen LogP) is 4.21. The highest BCUT2D eigenvalue weighted by atomic mass is 35.5. The zero-order valence-electron chi connectivity index (χ0n) is 15.6. The maximum absolute atomic E-state index is 12.4. The van der Waals surface area contributed by atoms with Crippen molar-refractivity contribution in [3.63, 3.8) is 0 Å². The smallest absolute Gasteiger partial charge is 0.253 e. The normalized spacial score (nSPS) is 11.5. The first-order valence-corrected chi connectivity index (χ1v) is 9.06. The summed E-state index contributed by atoms with van der Waals surface area (Å²) in [5, 5.41) is 3.28. The van der Waals surface area contributed by atoms with Gasteiger partial charge in [-0.1, -0.05) is 17.7 Å². The molecule has 0 bridgehead atoms. The van der Waals surface area contributed by atoms with E-state index in [1.54, 1.807) is 31.6 Å². The summed E-state index contributed by atoms with van der Waals surface area (Å²) in [4.78, 5) is 20.3. The summed E-state index contributed by atoms with van der Waals surface area (Å²) < 4.78 is 11.3. The summed E-state index contributed by atoms with van der Waals surface area (Å²) in [5.74, 6) is 0.998. The Labute approximate surface area is 168 Å². The van der Waals surface area contributed by atoms with E-state index in [0.717, 1.165) is 11.1 Å². The molecule has 3 rings (SSSR count). The molecule has 0 saturated heterocycles. The highest BCUT2D eigenvalue weighted by molar-refractivity contribution is 6.29. The summed E-state index contributed by atoms with van der Waals surface area (Å²) in [7, 11) is 1.58. The lowest BCUT2D eigenvalue weighted by molar-refractivity contribution is 0.0939. The van der Waals surface area contributed by atoms with Gasteiger partial charge in [0.2, 0.25) is 0 Å². The average molecular weight is 398 g/mol. The third-order valence-electron chi connectivity index (χ3n) is 4.17. The molecule has 0 saturated carbocycles. The number of hydrogen-bond acceptors (Lipinski definition) is 5. The van der Waals surface area contributed by atoms with Crippen LogP contribution in [0.25, 0.3) is 0 Å². The summed E-state index contributed by atoms with van der Waals surface area (Å²) in [5.41, 5.74) is 2.35. The number of pyridine rings is 2. The van der Waals surface area contributed by atoms with Gasteiger partial charge < -0.3 is 14.8 Å². The van der Waals surface area contributed by atoms with Crippen LogP contribution in [0.15, 0.2) is 61.1 Å². The van der Waals surface area contributed by atoms with Crippen LogP contribution in [-0.4, -0.2) is 23.0 Å². The molecule has 28 heavy (non-hydrogen) atoms. The van der Waals surface area contributed by atoms with Crippen LogP contribution in [0.3, 0.4) is 0 Å². The van der Waals surface area contributed by atoms with Crippen molar-refractivity contribution in [1.82, 2.24) is 15.3 Å². The number of carbonyl (C=O) groups excluding carboxylic acids is 1. The number of hydrogen-bond donors (Lipinski definition) is 1. The van der Waals surface area contributed by atoms with E-state index in [9.17, 15) is 4.79 Å². The number of ether oxygens (including phenoxy) is 2. The topological polar surface area (TPSA) is 73.3 Å². The number of nitrogens with one attached hydrogen (secondary N) is 1. The zero-order chi connectivity index (χ0) is 19.9. The maximum atomic E-state index is 12.4. The Morgan fingerprint density at radius 1 is 1.14 bits per heavy atom. The fourth-order valence-electron chi connectivity index (χ4n) is 2.59. The second kappa shape index (κ2) is 9.19. The highest BCUT2D eigenvalue weighted by Gasteiger charge is 2.14. The molecule has 0 radical (unpaired) electrons.